The first-order valence-corrected chi connectivity index (χ1v) is 4.31. The SMILES string of the molecule is C/C=N/O/C(C)=C/C1C=C(N)NC=N1. The lowest BCUT2D eigenvalue weighted by molar-refractivity contribution is 0.230. The molecule has 1 rings (SSSR count). The van der Waals surface area contributed by atoms with Crippen LogP contribution in [0, 0.1) is 0 Å². The number of hydrogen-bond acceptors (Lipinski definition) is 5. The molecule has 0 saturated carbocycles. The summed E-state index contributed by atoms with van der Waals surface area (Å²) < 4.78 is 0. The highest BCUT2D eigenvalue weighted by Crippen LogP contribution is 2.05. The molecule has 5 nitrogen and oxygen atoms in total. The molecule has 1 aliphatic rings. The average molecular weight is 194 g/mol. The Hall–Kier alpha value is -1.78. The molecule has 0 radical (unpaired) electrons. The van der Waals surface area contributed by atoms with E-state index < -0.39 is 0 Å². The first-order valence-electron chi connectivity index (χ1n) is 4.31. The molecule has 1 aliphatic heterocycles. The average Bonchev–Trinajstić information content (AvgIpc) is 2.15. The molecule has 0 aromatic heterocycles. The van der Waals surface area contributed by atoms with Crippen LogP contribution in [0.4, 0.5) is 0 Å². The standard InChI is InChI=1S/C9H14N4O/c1-3-13-14-7(2)4-8-5-9(10)12-6-11-8/h3-6,8H,10H2,1-2H3,(H,11,12)/b7-4+,13-3+. The second kappa shape index (κ2) is 5.06. The van der Waals surface area contributed by atoms with E-state index >= 15 is 0 Å². The van der Waals surface area contributed by atoms with E-state index in [1.54, 1.807) is 25.6 Å². The van der Waals surface area contributed by atoms with Crippen molar-refractivity contribution in [2.75, 3.05) is 0 Å². The molecule has 76 valence electrons. The van der Waals surface area contributed by atoms with Crippen LogP contribution >= 0.6 is 0 Å². The van der Waals surface area contributed by atoms with Gasteiger partial charge in [-0.05, 0) is 26.0 Å². The van der Waals surface area contributed by atoms with Gasteiger partial charge in [0.2, 0.25) is 0 Å². The van der Waals surface area contributed by atoms with Crippen molar-refractivity contribution in [3.63, 3.8) is 0 Å². The van der Waals surface area contributed by atoms with Crippen LogP contribution in [0.5, 0.6) is 0 Å². The maximum absolute atomic E-state index is 5.56. The van der Waals surface area contributed by atoms with Gasteiger partial charge in [-0.1, -0.05) is 5.16 Å². The van der Waals surface area contributed by atoms with Crippen LogP contribution in [0.3, 0.4) is 0 Å². The zero-order valence-corrected chi connectivity index (χ0v) is 8.27. The topological polar surface area (TPSA) is 72.0 Å². The quantitative estimate of drug-likeness (QED) is 0.395. The molecule has 0 fully saturated rings. The summed E-state index contributed by atoms with van der Waals surface area (Å²) in [6.07, 6.45) is 6.76. The number of oxime groups is 1. The van der Waals surface area contributed by atoms with E-state index in [4.69, 9.17) is 10.6 Å². The van der Waals surface area contributed by atoms with Crippen molar-refractivity contribution in [2.45, 2.75) is 19.9 Å². The monoisotopic (exact) mass is 194 g/mol. The molecular formula is C9H14N4O. The first-order chi connectivity index (χ1) is 6.72. The third-order valence-electron chi connectivity index (χ3n) is 1.54. The molecule has 1 atom stereocenters. The molecule has 3 N–H and O–H groups in total. The number of nitrogens with one attached hydrogen (secondary N) is 1. The molecule has 1 unspecified atom stereocenters. The second-order valence-electron chi connectivity index (χ2n) is 2.77. The Bertz CT molecular complexity index is 304. The van der Waals surface area contributed by atoms with Gasteiger partial charge in [-0.15, -0.1) is 0 Å². The smallest absolute Gasteiger partial charge is 0.130 e. The minimum atomic E-state index is -0.0803. The Morgan fingerprint density at radius 1 is 1.79 bits per heavy atom. The summed E-state index contributed by atoms with van der Waals surface area (Å²) in [6.45, 7) is 3.60. The van der Waals surface area contributed by atoms with Gasteiger partial charge in [-0.3, -0.25) is 4.99 Å². The number of aliphatic imine (C=N–C) groups is 1. The largest absolute Gasteiger partial charge is 0.385 e. The molecule has 0 aromatic carbocycles. The molecule has 0 spiro atoms. The van der Waals surface area contributed by atoms with Crippen molar-refractivity contribution in [2.24, 2.45) is 15.9 Å². The van der Waals surface area contributed by atoms with Crippen molar-refractivity contribution >= 4 is 12.6 Å². The van der Waals surface area contributed by atoms with Crippen LogP contribution in [0.2, 0.25) is 0 Å². The van der Waals surface area contributed by atoms with Crippen molar-refractivity contribution < 1.29 is 4.84 Å². The molecule has 0 amide bonds. The first kappa shape index (κ1) is 10.3. The van der Waals surface area contributed by atoms with Crippen LogP contribution < -0.4 is 11.1 Å². The number of nitrogens with two attached hydrogens (primary N) is 1. The van der Waals surface area contributed by atoms with Crippen molar-refractivity contribution in [1.82, 2.24) is 5.32 Å². The normalized spacial score (nSPS) is 22.0. The number of nitrogens with zero attached hydrogens (tertiary/aromatic N) is 2. The third-order valence-corrected chi connectivity index (χ3v) is 1.54. The van der Waals surface area contributed by atoms with Crippen LogP contribution in [0.1, 0.15) is 13.8 Å². The van der Waals surface area contributed by atoms with Crippen molar-refractivity contribution in [1.29, 1.82) is 0 Å². The van der Waals surface area contributed by atoms with Gasteiger partial charge in [0.1, 0.15) is 5.76 Å². The maximum Gasteiger partial charge on any atom is 0.130 e. The fourth-order valence-corrected chi connectivity index (χ4v) is 0.971. The Balaban J connectivity index is 2.57. The summed E-state index contributed by atoms with van der Waals surface area (Å²) in [4.78, 5) is 9.12. The number of hydrogen-bond donors (Lipinski definition) is 2. The van der Waals surface area contributed by atoms with E-state index in [2.05, 4.69) is 15.5 Å². The molecule has 0 saturated heterocycles. The van der Waals surface area contributed by atoms with Crippen LogP contribution in [-0.4, -0.2) is 18.6 Å². The van der Waals surface area contributed by atoms with Gasteiger partial charge >= 0.3 is 0 Å². The van der Waals surface area contributed by atoms with Gasteiger partial charge in [0.25, 0.3) is 0 Å². The van der Waals surface area contributed by atoms with Gasteiger partial charge in [-0.25, -0.2) is 0 Å². The highest BCUT2D eigenvalue weighted by molar-refractivity contribution is 5.60. The van der Waals surface area contributed by atoms with Crippen LogP contribution in [0.25, 0.3) is 0 Å². The lowest BCUT2D eigenvalue weighted by Gasteiger charge is -2.11. The Kier molecular flexibility index (Phi) is 3.72. The summed E-state index contributed by atoms with van der Waals surface area (Å²) in [5, 5.41) is 6.42. The fraction of sp³-hybridized carbons (Fsp3) is 0.333. The van der Waals surface area contributed by atoms with Crippen molar-refractivity contribution in [3.8, 4) is 0 Å². The van der Waals surface area contributed by atoms with Crippen LogP contribution in [0.15, 0.2) is 33.9 Å². The number of allylic oxidation sites excluding steroid dienone is 1. The maximum atomic E-state index is 5.56. The highest BCUT2D eigenvalue weighted by Gasteiger charge is 2.04. The lowest BCUT2D eigenvalue weighted by Crippen LogP contribution is -2.24. The minimum Gasteiger partial charge on any atom is -0.385 e. The van der Waals surface area contributed by atoms with Gasteiger partial charge in [-0.2, -0.15) is 0 Å². The summed E-state index contributed by atoms with van der Waals surface area (Å²) >= 11 is 0. The van der Waals surface area contributed by atoms with E-state index in [1.807, 2.05) is 13.0 Å². The van der Waals surface area contributed by atoms with E-state index in [0.29, 0.717) is 11.6 Å². The van der Waals surface area contributed by atoms with Crippen LogP contribution in [-0.2, 0) is 4.84 Å². The zero-order chi connectivity index (χ0) is 10.4. The zero-order valence-electron chi connectivity index (χ0n) is 8.27. The highest BCUT2D eigenvalue weighted by atomic mass is 16.6. The van der Waals surface area contributed by atoms with Crippen molar-refractivity contribution in [3.05, 3.63) is 23.7 Å². The summed E-state index contributed by atoms with van der Waals surface area (Å²) in [5.41, 5.74) is 5.56. The van der Waals surface area contributed by atoms with Gasteiger partial charge in [0, 0.05) is 6.21 Å². The van der Waals surface area contributed by atoms with E-state index in [0.717, 1.165) is 0 Å². The lowest BCUT2D eigenvalue weighted by atomic mass is 10.2. The molecule has 0 bridgehead atoms. The fourth-order valence-electron chi connectivity index (χ4n) is 0.971. The van der Waals surface area contributed by atoms with E-state index in [9.17, 15) is 0 Å². The molecule has 0 aliphatic carbocycles. The molecule has 1 heterocycles. The number of rotatable bonds is 3. The predicted molar refractivity (Wildman–Crippen MR) is 56.7 cm³/mol. The summed E-state index contributed by atoms with van der Waals surface area (Å²) in [5.74, 6) is 1.28. The molecule has 14 heavy (non-hydrogen) atoms. The van der Waals surface area contributed by atoms with E-state index in [-0.39, 0.29) is 6.04 Å². The Morgan fingerprint density at radius 3 is 3.21 bits per heavy atom. The third kappa shape index (κ3) is 3.30. The van der Waals surface area contributed by atoms with Gasteiger partial charge in [0.15, 0.2) is 0 Å². The van der Waals surface area contributed by atoms with Gasteiger partial charge in [0.05, 0.1) is 18.2 Å². The molecule has 5 heteroatoms. The molecule has 0 aromatic rings. The van der Waals surface area contributed by atoms with Gasteiger partial charge < -0.3 is 15.9 Å². The summed E-state index contributed by atoms with van der Waals surface area (Å²) in [7, 11) is 0. The minimum absolute atomic E-state index is 0.0803. The second-order valence-corrected chi connectivity index (χ2v) is 2.77. The Morgan fingerprint density at radius 2 is 2.57 bits per heavy atom. The summed E-state index contributed by atoms with van der Waals surface area (Å²) in [6, 6.07) is -0.0803. The Labute approximate surface area is 83.0 Å². The molecular weight excluding hydrogens is 180 g/mol. The van der Waals surface area contributed by atoms with E-state index in [1.165, 1.54) is 0 Å². The predicted octanol–water partition coefficient (Wildman–Crippen LogP) is 0.713.